The van der Waals surface area contributed by atoms with Gasteiger partial charge in [0.15, 0.2) is 11.5 Å². The molecule has 0 spiro atoms. The summed E-state index contributed by atoms with van der Waals surface area (Å²) >= 11 is 0. The first-order chi connectivity index (χ1) is 19.5. The Morgan fingerprint density at radius 1 is 0.902 bits per heavy atom. The molecule has 0 radical (unpaired) electrons. The number of sulfonamides is 1. The van der Waals surface area contributed by atoms with Crippen LogP contribution in [0.1, 0.15) is 39.7 Å². The third-order valence-corrected chi connectivity index (χ3v) is 8.29. The molecule has 1 N–H and O–H groups in total. The molecule has 4 rings (SSSR count). The second kappa shape index (κ2) is 12.6. The van der Waals surface area contributed by atoms with E-state index in [2.05, 4.69) is 5.32 Å². The second-order valence-corrected chi connectivity index (χ2v) is 12.7. The number of carbonyl (C=O) groups is 2. The van der Waals surface area contributed by atoms with Crippen LogP contribution in [0.5, 0.6) is 11.5 Å². The predicted molar refractivity (Wildman–Crippen MR) is 157 cm³/mol. The highest BCUT2D eigenvalue weighted by molar-refractivity contribution is 7.92. The van der Waals surface area contributed by atoms with Crippen molar-refractivity contribution in [3.8, 4) is 11.5 Å². The molecule has 0 saturated heterocycles. The zero-order chi connectivity index (χ0) is 29.6. The van der Waals surface area contributed by atoms with Crippen molar-refractivity contribution in [2.24, 2.45) is 0 Å². The van der Waals surface area contributed by atoms with E-state index in [1.165, 1.54) is 17.0 Å². The molecule has 0 aromatic heterocycles. The van der Waals surface area contributed by atoms with Crippen LogP contribution in [0.4, 0.5) is 5.69 Å². The van der Waals surface area contributed by atoms with Gasteiger partial charge in [-0.05, 0) is 57.0 Å². The summed E-state index contributed by atoms with van der Waals surface area (Å²) in [5.74, 6) is 0.0748. The van der Waals surface area contributed by atoms with E-state index in [1.807, 2.05) is 58.0 Å². The van der Waals surface area contributed by atoms with Crippen LogP contribution < -0.4 is 19.1 Å². The molecule has 1 aliphatic rings. The number of hydrogen-bond donors (Lipinski definition) is 1. The number of nitrogens with one attached hydrogen (secondary N) is 1. The fraction of sp³-hybridized carbons (Fsp3) is 0.355. The van der Waals surface area contributed by atoms with Gasteiger partial charge in [-0.1, -0.05) is 55.5 Å². The van der Waals surface area contributed by atoms with E-state index in [0.717, 1.165) is 9.87 Å². The zero-order valence-electron chi connectivity index (χ0n) is 23.9. The van der Waals surface area contributed by atoms with Crippen LogP contribution in [0.15, 0.2) is 83.8 Å². The highest BCUT2D eigenvalue weighted by Crippen LogP contribution is 2.36. The SMILES string of the molecule is CC[C@@H](C(=O)NC(C)(C)C)N(Cc1ccccc1)C(=O)CN(c1ccc2c(c1)OCCO2)S(=O)(=O)c1ccccc1. The summed E-state index contributed by atoms with van der Waals surface area (Å²) in [5.41, 5.74) is 0.554. The maximum Gasteiger partial charge on any atom is 0.264 e. The lowest BCUT2D eigenvalue weighted by Gasteiger charge is -2.35. The van der Waals surface area contributed by atoms with Gasteiger partial charge in [0.1, 0.15) is 25.8 Å². The molecule has 9 nitrogen and oxygen atoms in total. The van der Waals surface area contributed by atoms with Crippen LogP contribution in [-0.2, 0) is 26.2 Å². The van der Waals surface area contributed by atoms with Crippen molar-refractivity contribution in [3.63, 3.8) is 0 Å². The van der Waals surface area contributed by atoms with Gasteiger partial charge in [0.05, 0.1) is 10.6 Å². The quantitative estimate of drug-likeness (QED) is 0.382. The fourth-order valence-electron chi connectivity index (χ4n) is 4.59. The van der Waals surface area contributed by atoms with Gasteiger partial charge < -0.3 is 19.7 Å². The van der Waals surface area contributed by atoms with Crippen molar-refractivity contribution in [1.82, 2.24) is 10.2 Å². The Labute approximate surface area is 242 Å². The number of hydrogen-bond acceptors (Lipinski definition) is 6. The van der Waals surface area contributed by atoms with Gasteiger partial charge in [0, 0.05) is 18.2 Å². The number of carbonyl (C=O) groups excluding carboxylic acids is 2. The molecular formula is C31H37N3O6S. The van der Waals surface area contributed by atoms with Crippen molar-refractivity contribution >= 4 is 27.5 Å². The van der Waals surface area contributed by atoms with Crippen LogP contribution in [0.25, 0.3) is 0 Å². The third-order valence-electron chi connectivity index (χ3n) is 6.50. The summed E-state index contributed by atoms with van der Waals surface area (Å²) in [6, 6.07) is 21.2. The molecule has 3 aromatic carbocycles. The number of fused-ring (bicyclic) bond motifs is 1. The second-order valence-electron chi connectivity index (χ2n) is 10.8. The summed E-state index contributed by atoms with van der Waals surface area (Å²) in [5, 5.41) is 2.97. The summed E-state index contributed by atoms with van der Waals surface area (Å²) in [4.78, 5) is 29.0. The number of benzene rings is 3. The summed E-state index contributed by atoms with van der Waals surface area (Å²) < 4.78 is 40.3. The minimum Gasteiger partial charge on any atom is -0.486 e. The lowest BCUT2D eigenvalue weighted by Crippen LogP contribution is -2.55. The van der Waals surface area contributed by atoms with E-state index >= 15 is 0 Å². The van der Waals surface area contributed by atoms with Crippen LogP contribution in [0.2, 0.25) is 0 Å². The van der Waals surface area contributed by atoms with Crippen molar-refractivity contribution in [1.29, 1.82) is 0 Å². The predicted octanol–water partition coefficient (Wildman–Crippen LogP) is 4.38. The molecule has 0 aliphatic carbocycles. The first kappa shape index (κ1) is 29.9. The van der Waals surface area contributed by atoms with E-state index in [-0.39, 0.29) is 23.0 Å². The smallest absolute Gasteiger partial charge is 0.264 e. The number of anilines is 1. The molecule has 0 saturated carbocycles. The van der Waals surface area contributed by atoms with E-state index in [1.54, 1.807) is 36.4 Å². The first-order valence-electron chi connectivity index (χ1n) is 13.6. The molecule has 3 aromatic rings. The highest BCUT2D eigenvalue weighted by Gasteiger charge is 2.35. The van der Waals surface area contributed by atoms with Gasteiger partial charge in [-0.15, -0.1) is 0 Å². The maximum atomic E-state index is 14.2. The highest BCUT2D eigenvalue weighted by atomic mass is 32.2. The normalized spacial score (nSPS) is 13.7. The average Bonchev–Trinajstić information content (AvgIpc) is 2.95. The maximum absolute atomic E-state index is 14.2. The van der Waals surface area contributed by atoms with Crippen LogP contribution in [-0.4, -0.2) is 56.5 Å². The molecule has 2 amide bonds. The fourth-order valence-corrected chi connectivity index (χ4v) is 6.02. The Balaban J connectivity index is 1.75. The Bertz CT molecular complexity index is 1460. The zero-order valence-corrected chi connectivity index (χ0v) is 24.7. The molecule has 10 heteroatoms. The van der Waals surface area contributed by atoms with Crippen molar-refractivity contribution < 1.29 is 27.5 Å². The van der Waals surface area contributed by atoms with Crippen LogP contribution >= 0.6 is 0 Å². The summed E-state index contributed by atoms with van der Waals surface area (Å²) in [6.45, 7) is 7.77. The van der Waals surface area contributed by atoms with Gasteiger partial charge >= 0.3 is 0 Å². The molecule has 1 heterocycles. The minimum atomic E-state index is -4.17. The van der Waals surface area contributed by atoms with Crippen molar-refractivity contribution in [2.75, 3.05) is 24.1 Å². The largest absolute Gasteiger partial charge is 0.486 e. The topological polar surface area (TPSA) is 105 Å². The molecule has 0 bridgehead atoms. The number of ether oxygens (including phenoxy) is 2. The van der Waals surface area contributed by atoms with Crippen LogP contribution in [0.3, 0.4) is 0 Å². The number of rotatable bonds is 10. The number of nitrogens with zero attached hydrogens (tertiary/aromatic N) is 2. The summed E-state index contributed by atoms with van der Waals surface area (Å²) in [7, 11) is -4.17. The van der Waals surface area contributed by atoms with Gasteiger partial charge in [0.2, 0.25) is 11.8 Å². The van der Waals surface area contributed by atoms with Crippen molar-refractivity contribution in [2.45, 2.75) is 57.1 Å². The molecule has 0 unspecified atom stereocenters. The number of amides is 2. The minimum absolute atomic E-state index is 0.0369. The standard InChI is InChI=1S/C31H37N3O6S/c1-5-26(30(36)32-31(2,3)4)33(21-23-12-8-6-9-13-23)29(35)22-34(41(37,38)25-14-10-7-11-15-25)24-16-17-27-28(20-24)40-19-18-39-27/h6-17,20,26H,5,18-19,21-22H2,1-4H3,(H,32,36)/t26-/m0/s1. The Kier molecular flexibility index (Phi) is 9.22. The average molecular weight is 580 g/mol. The van der Waals surface area contributed by atoms with Crippen LogP contribution in [0, 0.1) is 0 Å². The Morgan fingerprint density at radius 3 is 2.12 bits per heavy atom. The molecule has 41 heavy (non-hydrogen) atoms. The first-order valence-corrected chi connectivity index (χ1v) is 15.1. The van der Waals surface area contributed by atoms with Gasteiger partial charge in [-0.3, -0.25) is 13.9 Å². The Hall–Kier alpha value is -4.05. The van der Waals surface area contributed by atoms with Crippen molar-refractivity contribution in [3.05, 3.63) is 84.4 Å². The lowest BCUT2D eigenvalue weighted by molar-refractivity contribution is -0.141. The molecular weight excluding hydrogens is 542 g/mol. The summed E-state index contributed by atoms with van der Waals surface area (Å²) in [6.07, 6.45) is 0.343. The molecule has 1 aliphatic heterocycles. The molecule has 0 fully saturated rings. The third kappa shape index (κ3) is 7.38. The van der Waals surface area contributed by atoms with E-state index in [0.29, 0.717) is 31.1 Å². The van der Waals surface area contributed by atoms with E-state index in [4.69, 9.17) is 9.47 Å². The van der Waals surface area contributed by atoms with E-state index < -0.39 is 34.1 Å². The van der Waals surface area contributed by atoms with Gasteiger partial charge in [0.25, 0.3) is 10.0 Å². The molecule has 1 atom stereocenters. The monoisotopic (exact) mass is 579 g/mol. The Morgan fingerprint density at radius 2 is 1.51 bits per heavy atom. The van der Waals surface area contributed by atoms with E-state index in [9.17, 15) is 18.0 Å². The van der Waals surface area contributed by atoms with Gasteiger partial charge in [-0.2, -0.15) is 0 Å². The lowest BCUT2D eigenvalue weighted by atomic mass is 10.1. The van der Waals surface area contributed by atoms with Gasteiger partial charge in [-0.25, -0.2) is 8.42 Å². The molecule has 218 valence electrons.